The third kappa shape index (κ3) is 6.47. The molecule has 250 valence electrons. The lowest BCUT2D eigenvalue weighted by Crippen LogP contribution is -2.16. The number of allylic oxidation sites excluding steroid dienone is 9. The Balaban J connectivity index is 1.86. The predicted octanol–water partition coefficient (Wildman–Crippen LogP) is 6.48. The molecule has 0 atom stereocenters. The van der Waals surface area contributed by atoms with E-state index in [2.05, 4.69) is 4.98 Å². The summed E-state index contributed by atoms with van der Waals surface area (Å²) in [5, 5.41) is 10.8. The number of rotatable bonds is 7. The number of carbonyl (C=O) groups excluding carboxylic acids is 2. The van der Waals surface area contributed by atoms with E-state index in [1.807, 2.05) is 32.9 Å². The molecule has 1 aromatic heterocycles. The van der Waals surface area contributed by atoms with Gasteiger partial charge in [-0.3, -0.25) is 9.59 Å². The Kier molecular flexibility index (Phi) is 9.81. The van der Waals surface area contributed by atoms with Gasteiger partial charge in [-0.25, -0.2) is 15.0 Å². The maximum absolute atomic E-state index is 14.0. The number of halogens is 3. The first kappa shape index (κ1) is 34.4. The van der Waals surface area contributed by atoms with Crippen LogP contribution < -0.4 is 10.7 Å². The molecule has 0 amide bonds. The van der Waals surface area contributed by atoms with Crippen LogP contribution in [0.15, 0.2) is 89.5 Å². The monoisotopic (exact) mass is 676 g/mol. The molecule has 0 saturated heterocycles. The van der Waals surface area contributed by atoms with Crippen molar-refractivity contribution < 1.29 is 33.0 Å². The van der Waals surface area contributed by atoms with Crippen LogP contribution in [-0.4, -0.2) is 53.4 Å². The molecule has 0 fully saturated rings. The average Bonchev–Trinajstić information content (AvgIpc) is 3.71. The molecule has 8 bridgehead atoms. The van der Waals surface area contributed by atoms with Gasteiger partial charge >= 0.3 is 11.9 Å². The number of aromatic nitrogens is 1. The molecule has 12 heteroatoms. The number of esters is 2. The number of aliphatic imine (C=N–C) groups is 3. The molecule has 48 heavy (non-hydrogen) atoms. The van der Waals surface area contributed by atoms with E-state index >= 15 is 0 Å². The van der Waals surface area contributed by atoms with Crippen molar-refractivity contribution >= 4 is 57.9 Å². The lowest BCUT2D eigenvalue weighted by molar-refractivity contribution is -0.141. The number of aliphatic hydroxyl groups is 1. The van der Waals surface area contributed by atoms with E-state index in [0.717, 1.165) is 22.3 Å². The summed E-state index contributed by atoms with van der Waals surface area (Å²) in [7, 11) is 2.65. The van der Waals surface area contributed by atoms with Crippen molar-refractivity contribution in [2.24, 2.45) is 15.0 Å². The fourth-order valence-corrected chi connectivity index (χ4v) is 6.40. The second-order valence-electron chi connectivity index (χ2n) is 11.7. The van der Waals surface area contributed by atoms with Gasteiger partial charge in [-0.2, -0.15) is 8.78 Å². The zero-order valence-corrected chi connectivity index (χ0v) is 28.4. The number of ether oxygens (including phenoxy) is 2. The number of hydrogen-bond donors (Lipinski definition) is 2. The zero-order chi connectivity index (χ0) is 35.0. The first-order chi connectivity index (χ1) is 22.7. The smallest absolute Gasteiger partial charge is 0.305 e. The van der Waals surface area contributed by atoms with Crippen molar-refractivity contribution in [3.63, 3.8) is 0 Å². The molecule has 1 aromatic rings. The van der Waals surface area contributed by atoms with Crippen LogP contribution in [0.5, 0.6) is 0 Å². The summed E-state index contributed by atoms with van der Waals surface area (Å²) < 4.78 is 37.8. The van der Waals surface area contributed by atoms with E-state index in [1.54, 1.807) is 26.0 Å². The fraction of sp³-hybridized carbons (Fsp3) is 0.306. The normalized spacial score (nSPS) is 18.1. The van der Waals surface area contributed by atoms with Crippen molar-refractivity contribution in [3.8, 4) is 0 Å². The summed E-state index contributed by atoms with van der Waals surface area (Å²) in [5.74, 6) is -0.729. The highest BCUT2D eigenvalue weighted by Gasteiger charge is 2.28. The number of hydrogen-bond acceptors (Lipinski definition) is 8. The summed E-state index contributed by atoms with van der Waals surface area (Å²) in [5.41, 5.74) is 8.05. The number of nitrogens with one attached hydrogen (secondary N) is 1. The van der Waals surface area contributed by atoms with Crippen LogP contribution in [0, 0.1) is 6.92 Å². The maximum Gasteiger partial charge on any atom is 0.305 e. The summed E-state index contributed by atoms with van der Waals surface area (Å²) in [6.45, 7) is 8.82. The summed E-state index contributed by atoms with van der Waals surface area (Å²) >= 11 is 6.21. The second kappa shape index (κ2) is 13.7. The van der Waals surface area contributed by atoms with E-state index in [-0.39, 0.29) is 30.1 Å². The summed E-state index contributed by atoms with van der Waals surface area (Å²) in [4.78, 5) is 42.3. The standard InChI is InChI=1S/C36H35ClF2N4O5/c1-16-21(8-10-31(45)47-6)27-15-28-22(9-11-32(46)48-7)17(2)24(41-28)13-30-34(35(37)36(38)39)19(4)26(43-30)14-29-33(20(5)44)18(3)25(42-29)12-23(16)40-27/h12-15,43-44H,8-11H2,1-7H3/b23-12?,26-14?,28-15?,30-13?,33-20+. The van der Waals surface area contributed by atoms with Gasteiger partial charge in [-0.15, -0.1) is 0 Å². The topological polar surface area (TPSA) is 126 Å². The number of aromatic amines is 1. The lowest BCUT2D eigenvalue weighted by atomic mass is 9.96. The molecule has 0 aromatic carbocycles. The highest BCUT2D eigenvalue weighted by Crippen LogP contribution is 2.37. The van der Waals surface area contributed by atoms with Crippen molar-refractivity contribution in [1.82, 2.24) is 4.98 Å². The zero-order valence-electron chi connectivity index (χ0n) is 27.7. The van der Waals surface area contributed by atoms with Gasteiger partial charge in [0.1, 0.15) is 5.03 Å². The predicted molar refractivity (Wildman–Crippen MR) is 183 cm³/mol. The van der Waals surface area contributed by atoms with E-state index in [4.69, 9.17) is 36.1 Å². The molecular formula is C36H35ClF2N4O5. The summed E-state index contributed by atoms with van der Waals surface area (Å²) in [6, 6.07) is 0. The fourth-order valence-electron chi connectivity index (χ4n) is 6.16. The van der Waals surface area contributed by atoms with Crippen LogP contribution in [0.2, 0.25) is 0 Å². The van der Waals surface area contributed by atoms with Gasteiger partial charge in [0.25, 0.3) is 6.08 Å². The summed E-state index contributed by atoms with van der Waals surface area (Å²) in [6.07, 6.45) is 5.77. The van der Waals surface area contributed by atoms with Crippen LogP contribution in [0.4, 0.5) is 8.78 Å². The van der Waals surface area contributed by atoms with Crippen molar-refractivity contribution in [2.75, 3.05) is 14.2 Å². The Bertz CT molecular complexity index is 2110. The van der Waals surface area contributed by atoms with Gasteiger partial charge in [-0.05, 0) is 105 Å². The van der Waals surface area contributed by atoms with Crippen LogP contribution >= 0.6 is 11.6 Å². The van der Waals surface area contributed by atoms with Gasteiger partial charge < -0.3 is 19.6 Å². The van der Waals surface area contributed by atoms with Gasteiger partial charge in [0.2, 0.25) is 0 Å². The average molecular weight is 677 g/mol. The molecule has 0 unspecified atom stereocenters. The Morgan fingerprint density at radius 1 is 0.792 bits per heavy atom. The first-order valence-electron chi connectivity index (χ1n) is 15.2. The quantitative estimate of drug-likeness (QED) is 0.253. The molecule has 0 aliphatic carbocycles. The van der Waals surface area contributed by atoms with Gasteiger partial charge in [0.15, 0.2) is 0 Å². The molecule has 4 aliphatic heterocycles. The Hall–Kier alpha value is -4.90. The van der Waals surface area contributed by atoms with Crippen molar-refractivity contribution in [1.29, 1.82) is 0 Å². The highest BCUT2D eigenvalue weighted by atomic mass is 35.5. The minimum absolute atomic E-state index is 0.0380. The lowest BCUT2D eigenvalue weighted by Gasteiger charge is -2.08. The van der Waals surface area contributed by atoms with Gasteiger partial charge in [0.05, 0.1) is 54.2 Å². The van der Waals surface area contributed by atoms with Crippen molar-refractivity contribution in [3.05, 3.63) is 96.3 Å². The van der Waals surface area contributed by atoms with E-state index in [0.29, 0.717) is 74.5 Å². The molecule has 0 radical (unpaired) electrons. The number of aliphatic hydroxyl groups excluding tert-OH is 1. The minimum Gasteiger partial charge on any atom is -0.512 e. The Morgan fingerprint density at radius 3 is 2.00 bits per heavy atom. The van der Waals surface area contributed by atoms with Gasteiger partial charge in [0, 0.05) is 34.7 Å². The van der Waals surface area contributed by atoms with Crippen LogP contribution in [0.25, 0.3) is 17.2 Å². The molecule has 4 aliphatic rings. The maximum atomic E-state index is 14.0. The van der Waals surface area contributed by atoms with Crippen LogP contribution in [0.1, 0.15) is 64.5 Å². The Labute approximate surface area is 281 Å². The minimum atomic E-state index is -2.04. The van der Waals surface area contributed by atoms with E-state index in [1.165, 1.54) is 14.2 Å². The molecule has 5 heterocycles. The number of nitrogens with zero attached hydrogens (tertiary/aromatic N) is 3. The molecule has 5 rings (SSSR count). The van der Waals surface area contributed by atoms with Crippen molar-refractivity contribution in [2.45, 2.75) is 60.3 Å². The van der Waals surface area contributed by atoms with Crippen LogP contribution in [-0.2, 0) is 19.1 Å². The third-order valence-electron chi connectivity index (χ3n) is 8.82. The van der Waals surface area contributed by atoms with Crippen LogP contribution in [0.3, 0.4) is 0 Å². The molecular weight excluding hydrogens is 642 g/mol. The number of methoxy groups -OCH3 is 2. The largest absolute Gasteiger partial charge is 0.512 e. The highest BCUT2D eigenvalue weighted by molar-refractivity contribution is 6.49. The van der Waals surface area contributed by atoms with Gasteiger partial charge in [-0.1, -0.05) is 11.6 Å². The molecule has 2 N–H and O–H groups in total. The number of H-pyrrole nitrogens is 1. The molecule has 0 saturated carbocycles. The van der Waals surface area contributed by atoms with E-state index in [9.17, 15) is 23.5 Å². The molecule has 0 spiro atoms. The number of fused-ring (bicyclic) bond motifs is 5. The number of carbonyl (C=O) groups is 2. The molecule has 9 nitrogen and oxygen atoms in total. The SMILES string of the molecule is COC(=O)CCC1=C(C)C2=NC1=CC1=NC(=CC3=C(C)/C(=C(/C)O)C(=N3)C=c3[nH]c(c(C(Cl)=C(F)F)c3C)=C2)C(C)=C1CCC(=O)OC. The third-order valence-corrected chi connectivity index (χ3v) is 9.15. The Morgan fingerprint density at radius 2 is 1.40 bits per heavy atom. The second-order valence-corrected chi connectivity index (χ2v) is 12.1. The van der Waals surface area contributed by atoms with E-state index < -0.39 is 17.1 Å². The first-order valence-corrected chi connectivity index (χ1v) is 15.6.